The monoisotopic (exact) mass is 313 g/mol. The fourth-order valence-electron chi connectivity index (χ4n) is 1.70. The number of nitrogens with zero attached hydrogens (tertiary/aromatic N) is 2. The lowest BCUT2D eigenvalue weighted by Gasteiger charge is -2.09. The van der Waals surface area contributed by atoms with Crippen molar-refractivity contribution in [2.45, 2.75) is 12.8 Å². The first-order valence-electron chi connectivity index (χ1n) is 6.51. The highest BCUT2D eigenvalue weighted by Crippen LogP contribution is 2.26. The first-order chi connectivity index (χ1) is 10.5. The SMILES string of the molecule is OCCCNc1ncc(-c2ccc(OC(F)(F)F)cc2)cn1. The van der Waals surface area contributed by atoms with Gasteiger partial charge in [-0.15, -0.1) is 13.2 Å². The second-order valence-electron chi connectivity index (χ2n) is 4.37. The molecule has 2 aromatic rings. The van der Waals surface area contributed by atoms with Gasteiger partial charge >= 0.3 is 6.36 Å². The highest BCUT2D eigenvalue weighted by Gasteiger charge is 2.30. The van der Waals surface area contributed by atoms with E-state index in [0.29, 0.717) is 30.0 Å². The van der Waals surface area contributed by atoms with E-state index in [4.69, 9.17) is 5.11 Å². The molecular formula is C14H14F3N3O2. The molecule has 0 aliphatic rings. The number of hydrogen-bond acceptors (Lipinski definition) is 5. The first-order valence-corrected chi connectivity index (χ1v) is 6.51. The second kappa shape index (κ2) is 7.08. The molecule has 22 heavy (non-hydrogen) atoms. The molecule has 1 heterocycles. The largest absolute Gasteiger partial charge is 0.573 e. The van der Waals surface area contributed by atoms with Crippen LogP contribution in [0.25, 0.3) is 11.1 Å². The van der Waals surface area contributed by atoms with Crippen molar-refractivity contribution in [3.63, 3.8) is 0 Å². The van der Waals surface area contributed by atoms with Crippen LogP contribution in [0.3, 0.4) is 0 Å². The van der Waals surface area contributed by atoms with E-state index in [-0.39, 0.29) is 12.4 Å². The second-order valence-corrected chi connectivity index (χ2v) is 4.37. The summed E-state index contributed by atoms with van der Waals surface area (Å²) in [6, 6.07) is 5.46. The van der Waals surface area contributed by atoms with Gasteiger partial charge in [0.15, 0.2) is 0 Å². The Labute approximate surface area is 124 Å². The summed E-state index contributed by atoms with van der Waals surface area (Å²) in [5.74, 6) is 0.147. The lowest BCUT2D eigenvalue weighted by Crippen LogP contribution is -2.16. The van der Waals surface area contributed by atoms with Gasteiger partial charge < -0.3 is 15.2 Å². The summed E-state index contributed by atoms with van der Waals surface area (Å²) in [5, 5.41) is 11.6. The molecule has 8 heteroatoms. The van der Waals surface area contributed by atoms with Crippen molar-refractivity contribution in [1.82, 2.24) is 9.97 Å². The highest BCUT2D eigenvalue weighted by molar-refractivity contribution is 5.62. The fourth-order valence-corrected chi connectivity index (χ4v) is 1.70. The van der Waals surface area contributed by atoms with Crippen LogP contribution in [-0.2, 0) is 0 Å². The first kappa shape index (κ1) is 16.0. The van der Waals surface area contributed by atoms with Gasteiger partial charge in [0.2, 0.25) is 5.95 Å². The van der Waals surface area contributed by atoms with E-state index < -0.39 is 6.36 Å². The number of hydrogen-bond donors (Lipinski definition) is 2. The summed E-state index contributed by atoms with van der Waals surface area (Å²) in [6.45, 7) is 0.636. The maximum Gasteiger partial charge on any atom is 0.573 e. The minimum absolute atomic E-state index is 0.0808. The van der Waals surface area contributed by atoms with Crippen LogP contribution < -0.4 is 10.1 Å². The Balaban J connectivity index is 2.02. The lowest BCUT2D eigenvalue weighted by atomic mass is 10.1. The number of ether oxygens (including phenoxy) is 1. The van der Waals surface area contributed by atoms with Crippen molar-refractivity contribution in [2.24, 2.45) is 0 Å². The summed E-state index contributed by atoms with van der Waals surface area (Å²) >= 11 is 0. The Morgan fingerprint density at radius 3 is 2.23 bits per heavy atom. The molecular weight excluding hydrogens is 299 g/mol. The van der Waals surface area contributed by atoms with E-state index in [2.05, 4.69) is 20.0 Å². The van der Waals surface area contributed by atoms with Gasteiger partial charge in [0, 0.05) is 31.1 Å². The predicted molar refractivity (Wildman–Crippen MR) is 74.3 cm³/mol. The molecule has 0 aliphatic carbocycles. The molecule has 1 aromatic heterocycles. The quantitative estimate of drug-likeness (QED) is 0.803. The number of alkyl halides is 3. The van der Waals surface area contributed by atoms with Gasteiger partial charge in [-0.25, -0.2) is 9.97 Å². The molecule has 1 aromatic carbocycles. The Morgan fingerprint density at radius 1 is 1.05 bits per heavy atom. The van der Waals surface area contributed by atoms with E-state index in [1.165, 1.54) is 24.3 Å². The van der Waals surface area contributed by atoms with Crippen LogP contribution in [0.5, 0.6) is 5.75 Å². The van der Waals surface area contributed by atoms with Gasteiger partial charge in [-0.3, -0.25) is 0 Å². The predicted octanol–water partition coefficient (Wildman–Crippen LogP) is 2.84. The zero-order chi connectivity index (χ0) is 16.0. The molecule has 5 nitrogen and oxygen atoms in total. The molecule has 0 atom stereocenters. The van der Waals surface area contributed by atoms with E-state index in [0.717, 1.165) is 0 Å². The van der Waals surface area contributed by atoms with Gasteiger partial charge in [-0.2, -0.15) is 0 Å². The molecule has 2 N–H and O–H groups in total. The normalized spacial score (nSPS) is 11.3. The number of aliphatic hydroxyl groups is 1. The summed E-state index contributed by atoms with van der Waals surface area (Å²) in [4.78, 5) is 8.19. The lowest BCUT2D eigenvalue weighted by molar-refractivity contribution is -0.274. The number of nitrogens with one attached hydrogen (secondary N) is 1. The van der Waals surface area contributed by atoms with Gasteiger partial charge in [0.25, 0.3) is 0 Å². The molecule has 0 fully saturated rings. The van der Waals surface area contributed by atoms with E-state index >= 15 is 0 Å². The van der Waals surface area contributed by atoms with Gasteiger partial charge in [-0.05, 0) is 24.1 Å². The Morgan fingerprint density at radius 2 is 1.68 bits per heavy atom. The number of aromatic nitrogens is 2. The van der Waals surface area contributed by atoms with Gasteiger partial charge in [0.05, 0.1) is 0 Å². The summed E-state index contributed by atoms with van der Waals surface area (Å²) < 4.78 is 40.0. The number of benzene rings is 1. The van der Waals surface area contributed by atoms with Crippen molar-refractivity contribution in [3.05, 3.63) is 36.7 Å². The Bertz CT molecular complexity index is 586. The van der Waals surface area contributed by atoms with Gasteiger partial charge in [0.1, 0.15) is 5.75 Å². The zero-order valence-electron chi connectivity index (χ0n) is 11.5. The van der Waals surface area contributed by atoms with E-state index in [9.17, 15) is 13.2 Å². The zero-order valence-corrected chi connectivity index (χ0v) is 11.5. The van der Waals surface area contributed by atoms with Crippen molar-refractivity contribution >= 4 is 5.95 Å². The van der Waals surface area contributed by atoms with Gasteiger partial charge in [-0.1, -0.05) is 12.1 Å². The standard InChI is InChI=1S/C14H14F3N3O2/c15-14(16,17)22-12-4-2-10(3-5-12)11-8-19-13(20-9-11)18-6-1-7-21/h2-5,8-9,21H,1,6-7H2,(H,18,19,20). The minimum atomic E-state index is -4.70. The van der Waals surface area contributed by atoms with E-state index in [1.54, 1.807) is 12.4 Å². The molecule has 0 aliphatic heterocycles. The summed E-state index contributed by atoms with van der Waals surface area (Å²) in [7, 11) is 0. The van der Waals surface area contributed by atoms with Crippen LogP contribution in [0.4, 0.5) is 19.1 Å². The third kappa shape index (κ3) is 4.88. The average Bonchev–Trinajstić information content (AvgIpc) is 2.48. The molecule has 2 rings (SSSR count). The number of halogens is 3. The molecule has 0 bridgehead atoms. The van der Waals surface area contributed by atoms with Crippen molar-refractivity contribution in [1.29, 1.82) is 0 Å². The topological polar surface area (TPSA) is 67.3 Å². The number of aliphatic hydroxyl groups excluding tert-OH is 1. The maximum atomic E-state index is 12.1. The minimum Gasteiger partial charge on any atom is -0.406 e. The van der Waals surface area contributed by atoms with Crippen LogP contribution >= 0.6 is 0 Å². The third-order valence-electron chi connectivity index (χ3n) is 2.69. The van der Waals surface area contributed by atoms with Crippen LogP contribution in [0.2, 0.25) is 0 Å². The molecule has 0 unspecified atom stereocenters. The molecule has 0 radical (unpaired) electrons. The van der Waals surface area contributed by atoms with E-state index in [1.807, 2.05) is 0 Å². The number of anilines is 1. The molecule has 0 saturated carbocycles. The summed E-state index contributed by atoms with van der Waals surface area (Å²) in [5.41, 5.74) is 1.35. The Kier molecular flexibility index (Phi) is 5.16. The molecule has 118 valence electrons. The maximum absolute atomic E-state index is 12.1. The Hall–Kier alpha value is -2.35. The molecule has 0 saturated heterocycles. The highest BCUT2D eigenvalue weighted by atomic mass is 19.4. The molecule has 0 spiro atoms. The fraction of sp³-hybridized carbons (Fsp3) is 0.286. The van der Waals surface area contributed by atoms with Crippen LogP contribution in [0, 0.1) is 0 Å². The van der Waals surface area contributed by atoms with Crippen LogP contribution in [-0.4, -0.2) is 34.6 Å². The van der Waals surface area contributed by atoms with Crippen LogP contribution in [0.15, 0.2) is 36.7 Å². The third-order valence-corrected chi connectivity index (χ3v) is 2.69. The smallest absolute Gasteiger partial charge is 0.406 e. The van der Waals surface area contributed by atoms with Crippen molar-refractivity contribution in [3.8, 4) is 16.9 Å². The van der Waals surface area contributed by atoms with Crippen molar-refractivity contribution < 1.29 is 23.0 Å². The number of rotatable bonds is 6. The average molecular weight is 313 g/mol. The molecule has 0 amide bonds. The van der Waals surface area contributed by atoms with Crippen molar-refractivity contribution in [2.75, 3.05) is 18.5 Å². The van der Waals surface area contributed by atoms with Crippen LogP contribution in [0.1, 0.15) is 6.42 Å². The summed E-state index contributed by atoms with van der Waals surface area (Å²) in [6.07, 6.45) is -0.986.